The number of fused-ring (bicyclic) bond motifs is 1. The van der Waals surface area contributed by atoms with Gasteiger partial charge in [0, 0.05) is 37.9 Å². The molecule has 3 heterocycles. The van der Waals surface area contributed by atoms with Gasteiger partial charge in [-0.2, -0.15) is 5.10 Å². The van der Waals surface area contributed by atoms with Crippen LogP contribution in [-0.4, -0.2) is 70.8 Å². The van der Waals surface area contributed by atoms with Crippen molar-refractivity contribution in [2.75, 3.05) is 40.0 Å². The van der Waals surface area contributed by atoms with Gasteiger partial charge in [-0.25, -0.2) is 4.98 Å². The molecule has 8 heteroatoms. The van der Waals surface area contributed by atoms with Gasteiger partial charge in [-0.05, 0) is 43.0 Å². The van der Waals surface area contributed by atoms with Gasteiger partial charge in [0.1, 0.15) is 18.2 Å². The molecule has 0 saturated carbocycles. The van der Waals surface area contributed by atoms with E-state index in [1.807, 2.05) is 35.2 Å². The molecule has 2 aliphatic rings. The second kappa shape index (κ2) is 11.0. The molecule has 1 amide bonds. The first-order valence-electron chi connectivity index (χ1n) is 12.4. The van der Waals surface area contributed by atoms with Crippen LogP contribution in [0.4, 0.5) is 0 Å². The van der Waals surface area contributed by atoms with E-state index in [1.165, 1.54) is 18.4 Å². The lowest BCUT2D eigenvalue weighted by Crippen LogP contribution is -2.36. The van der Waals surface area contributed by atoms with Crippen LogP contribution in [0.5, 0.6) is 5.75 Å². The molecule has 3 aromatic rings. The molecule has 5 rings (SSSR count). The van der Waals surface area contributed by atoms with Crippen molar-refractivity contribution in [3.8, 4) is 17.1 Å². The Morgan fingerprint density at radius 2 is 2.09 bits per heavy atom. The summed E-state index contributed by atoms with van der Waals surface area (Å²) in [5.74, 6) is 2.66. The molecule has 1 saturated heterocycles. The Labute approximate surface area is 206 Å². The third kappa shape index (κ3) is 5.89. The van der Waals surface area contributed by atoms with Crippen molar-refractivity contribution in [2.24, 2.45) is 5.92 Å². The number of hydrogen-bond donors (Lipinski definition) is 1. The molecule has 0 radical (unpaired) electrons. The number of hydrogen-bond acceptors (Lipinski definition) is 6. The summed E-state index contributed by atoms with van der Waals surface area (Å²) in [5.41, 5.74) is 3.23. The summed E-state index contributed by atoms with van der Waals surface area (Å²) < 4.78 is 11.4. The molecule has 35 heavy (non-hydrogen) atoms. The third-order valence-electron chi connectivity index (χ3n) is 6.75. The van der Waals surface area contributed by atoms with Crippen LogP contribution >= 0.6 is 0 Å². The van der Waals surface area contributed by atoms with E-state index in [1.54, 1.807) is 7.11 Å². The van der Waals surface area contributed by atoms with Gasteiger partial charge in [-0.15, -0.1) is 0 Å². The third-order valence-corrected chi connectivity index (χ3v) is 6.75. The first kappa shape index (κ1) is 23.5. The minimum Gasteiger partial charge on any atom is -0.491 e. The van der Waals surface area contributed by atoms with E-state index < -0.39 is 0 Å². The lowest BCUT2D eigenvalue weighted by atomic mass is 9.98. The maximum Gasteiger partial charge on any atom is 0.230 e. The van der Waals surface area contributed by atoms with Crippen LogP contribution in [0.15, 0.2) is 48.5 Å². The van der Waals surface area contributed by atoms with Gasteiger partial charge in [0.15, 0.2) is 5.82 Å². The number of likely N-dealkylation sites (tertiary alicyclic amines) is 1. The Kier molecular flexibility index (Phi) is 7.39. The number of nitrogens with zero attached hydrogens (tertiary/aromatic N) is 4. The Morgan fingerprint density at radius 3 is 2.94 bits per heavy atom. The zero-order valence-electron chi connectivity index (χ0n) is 20.3. The summed E-state index contributed by atoms with van der Waals surface area (Å²) in [6.07, 6.45) is 2.62. The number of methoxy groups -OCH3 is 1. The molecule has 2 aliphatic heterocycles. The van der Waals surface area contributed by atoms with Gasteiger partial charge in [-0.3, -0.25) is 14.8 Å². The van der Waals surface area contributed by atoms with E-state index in [0.717, 1.165) is 43.1 Å². The standard InChI is InChI=1S/C27H33N5O3/c1-34-19-21-6-5-11-31(17-21)16-20-9-10-24-23(14-20)18-32(12-13-35-24)26(33)15-25-28-27(30-29-25)22-7-3-2-4-8-22/h2-4,7-10,14,21H,5-6,11-13,15-19H2,1H3,(H,28,29,30)/t21-/m0/s1. The first-order chi connectivity index (χ1) is 17.2. The molecule has 1 fully saturated rings. The maximum absolute atomic E-state index is 13.1. The Morgan fingerprint density at radius 1 is 1.20 bits per heavy atom. The van der Waals surface area contributed by atoms with Crippen LogP contribution in [0.25, 0.3) is 11.4 Å². The van der Waals surface area contributed by atoms with Crippen LogP contribution in [0.1, 0.15) is 29.8 Å². The molecule has 1 N–H and O–H groups in total. The fourth-order valence-electron chi connectivity index (χ4n) is 5.03. The summed E-state index contributed by atoms with van der Waals surface area (Å²) in [4.78, 5) is 22.0. The molecule has 2 aromatic carbocycles. The Balaban J connectivity index is 1.23. The fourth-order valence-corrected chi connectivity index (χ4v) is 5.03. The molecule has 1 atom stereocenters. The van der Waals surface area contributed by atoms with Gasteiger partial charge < -0.3 is 14.4 Å². The van der Waals surface area contributed by atoms with E-state index in [9.17, 15) is 4.79 Å². The lowest BCUT2D eigenvalue weighted by Gasteiger charge is -2.32. The monoisotopic (exact) mass is 475 g/mol. The zero-order chi connectivity index (χ0) is 24.0. The van der Waals surface area contributed by atoms with Crippen molar-refractivity contribution in [1.29, 1.82) is 0 Å². The zero-order valence-corrected chi connectivity index (χ0v) is 20.3. The summed E-state index contributed by atoms with van der Waals surface area (Å²) in [6.45, 7) is 5.47. The summed E-state index contributed by atoms with van der Waals surface area (Å²) >= 11 is 0. The maximum atomic E-state index is 13.1. The molecule has 0 unspecified atom stereocenters. The number of aromatic nitrogens is 3. The molecule has 8 nitrogen and oxygen atoms in total. The van der Waals surface area contributed by atoms with Crippen LogP contribution in [0.3, 0.4) is 0 Å². The molecule has 0 spiro atoms. The minimum atomic E-state index is 0.0149. The normalized spacial score (nSPS) is 18.5. The molecular formula is C27H33N5O3. The number of ether oxygens (including phenoxy) is 2. The van der Waals surface area contributed by atoms with Gasteiger partial charge in [0.25, 0.3) is 0 Å². The number of rotatable bonds is 7. The number of amides is 1. The molecule has 0 aliphatic carbocycles. The van der Waals surface area contributed by atoms with Gasteiger partial charge in [0.2, 0.25) is 5.91 Å². The van der Waals surface area contributed by atoms with E-state index >= 15 is 0 Å². The summed E-state index contributed by atoms with van der Waals surface area (Å²) in [7, 11) is 1.78. The largest absolute Gasteiger partial charge is 0.491 e. The predicted molar refractivity (Wildman–Crippen MR) is 133 cm³/mol. The number of piperidine rings is 1. The van der Waals surface area contributed by atoms with E-state index in [-0.39, 0.29) is 12.3 Å². The first-order valence-corrected chi connectivity index (χ1v) is 12.4. The number of nitrogens with one attached hydrogen (secondary N) is 1. The topological polar surface area (TPSA) is 83.6 Å². The van der Waals surface area contributed by atoms with E-state index in [2.05, 4.69) is 38.3 Å². The van der Waals surface area contributed by atoms with Crippen LogP contribution in [0, 0.1) is 5.92 Å². The molecular weight excluding hydrogens is 442 g/mol. The smallest absolute Gasteiger partial charge is 0.230 e. The van der Waals surface area contributed by atoms with Crippen molar-refractivity contribution in [3.05, 3.63) is 65.5 Å². The fraction of sp³-hybridized carbons (Fsp3) is 0.444. The quantitative estimate of drug-likeness (QED) is 0.565. The van der Waals surface area contributed by atoms with Crippen LogP contribution < -0.4 is 4.74 Å². The van der Waals surface area contributed by atoms with Gasteiger partial charge in [0.05, 0.1) is 19.6 Å². The highest BCUT2D eigenvalue weighted by molar-refractivity contribution is 5.78. The minimum absolute atomic E-state index is 0.0149. The van der Waals surface area contributed by atoms with Crippen LogP contribution in [0.2, 0.25) is 0 Å². The highest BCUT2D eigenvalue weighted by atomic mass is 16.5. The molecule has 1 aromatic heterocycles. The Hall–Kier alpha value is -3.23. The van der Waals surface area contributed by atoms with Crippen molar-refractivity contribution < 1.29 is 14.3 Å². The number of carbonyl (C=O) groups is 1. The van der Waals surface area contributed by atoms with Crippen molar-refractivity contribution in [3.63, 3.8) is 0 Å². The average molecular weight is 476 g/mol. The summed E-state index contributed by atoms with van der Waals surface area (Å²) in [5, 5.41) is 7.20. The van der Waals surface area contributed by atoms with E-state index in [4.69, 9.17) is 9.47 Å². The Bertz CT molecular complexity index is 1130. The van der Waals surface area contributed by atoms with Crippen molar-refractivity contribution in [2.45, 2.75) is 32.4 Å². The number of benzene rings is 2. The second-order valence-electron chi connectivity index (χ2n) is 9.45. The van der Waals surface area contributed by atoms with Crippen molar-refractivity contribution in [1.82, 2.24) is 25.0 Å². The van der Waals surface area contributed by atoms with Gasteiger partial charge in [-0.1, -0.05) is 36.4 Å². The second-order valence-corrected chi connectivity index (χ2v) is 9.45. The number of carbonyl (C=O) groups excluding carboxylic acids is 1. The predicted octanol–water partition coefficient (Wildman–Crippen LogP) is 3.29. The van der Waals surface area contributed by atoms with E-state index in [0.29, 0.717) is 37.3 Å². The number of aromatic amines is 1. The van der Waals surface area contributed by atoms with Crippen molar-refractivity contribution >= 4 is 5.91 Å². The lowest BCUT2D eigenvalue weighted by molar-refractivity contribution is -0.131. The van der Waals surface area contributed by atoms with Crippen LogP contribution in [-0.2, 0) is 29.0 Å². The number of H-pyrrole nitrogens is 1. The SMILES string of the molecule is COC[C@H]1CCCN(Cc2ccc3c(c2)CN(C(=O)Cc2nc(-c4ccccc4)n[nH]2)CCO3)C1. The highest BCUT2D eigenvalue weighted by Gasteiger charge is 2.23. The molecule has 0 bridgehead atoms. The highest BCUT2D eigenvalue weighted by Crippen LogP contribution is 2.26. The summed E-state index contributed by atoms with van der Waals surface area (Å²) in [6, 6.07) is 16.2. The van der Waals surface area contributed by atoms with Gasteiger partial charge >= 0.3 is 0 Å². The average Bonchev–Trinajstić information content (AvgIpc) is 3.23. The molecule has 184 valence electrons.